The zero-order valence-electron chi connectivity index (χ0n) is 16.6. The van der Waals surface area contributed by atoms with E-state index in [1.54, 1.807) is 0 Å². The number of ether oxygens (including phenoxy) is 1. The first kappa shape index (κ1) is 22.8. The lowest BCUT2D eigenvalue weighted by Crippen LogP contribution is -2.36. The maximum atomic E-state index is 12.1. The third-order valence-electron chi connectivity index (χ3n) is 4.89. The van der Waals surface area contributed by atoms with Crippen LogP contribution >= 0.6 is 12.4 Å². The number of carbonyl (C=O) groups excluding carboxylic acids is 1. The second-order valence-corrected chi connectivity index (χ2v) is 8.29. The van der Waals surface area contributed by atoms with Gasteiger partial charge in [-0.15, -0.1) is 12.4 Å². The van der Waals surface area contributed by atoms with Crippen molar-refractivity contribution in [3.63, 3.8) is 0 Å². The Bertz CT molecular complexity index is 537. The summed E-state index contributed by atoms with van der Waals surface area (Å²) in [7, 11) is 0. The van der Waals surface area contributed by atoms with E-state index in [1.165, 1.54) is 12.0 Å². The Morgan fingerprint density at radius 3 is 2.58 bits per heavy atom. The van der Waals surface area contributed by atoms with E-state index in [4.69, 9.17) is 4.74 Å². The molecule has 0 spiro atoms. The fraction of sp³-hybridized carbons (Fsp3) is 0.667. The first-order chi connectivity index (χ1) is 11.9. The molecule has 1 aliphatic heterocycles. The van der Waals surface area contributed by atoms with Crippen molar-refractivity contribution in [1.82, 2.24) is 10.6 Å². The van der Waals surface area contributed by atoms with Crippen LogP contribution in [0.5, 0.6) is 5.75 Å². The molecule has 1 aromatic rings. The van der Waals surface area contributed by atoms with E-state index < -0.39 is 0 Å². The molecule has 1 unspecified atom stereocenters. The number of benzene rings is 1. The molecule has 0 bridgehead atoms. The molecule has 1 atom stereocenters. The minimum Gasteiger partial charge on any atom is -0.493 e. The highest BCUT2D eigenvalue weighted by atomic mass is 35.5. The molecule has 5 heteroatoms. The highest BCUT2D eigenvalue weighted by Gasteiger charge is 2.22. The second-order valence-electron chi connectivity index (χ2n) is 8.29. The molecule has 0 aliphatic carbocycles. The Morgan fingerprint density at radius 2 is 2.00 bits per heavy atom. The number of halogens is 1. The summed E-state index contributed by atoms with van der Waals surface area (Å²) in [5.41, 5.74) is 1.12. The fourth-order valence-electron chi connectivity index (χ4n) is 3.07. The van der Waals surface area contributed by atoms with Crippen molar-refractivity contribution in [3.05, 3.63) is 29.8 Å². The van der Waals surface area contributed by atoms with Gasteiger partial charge in [-0.05, 0) is 55.5 Å². The van der Waals surface area contributed by atoms with E-state index in [9.17, 15) is 4.79 Å². The zero-order valence-corrected chi connectivity index (χ0v) is 17.5. The molecule has 0 saturated carbocycles. The van der Waals surface area contributed by atoms with E-state index in [0.717, 1.165) is 31.9 Å². The van der Waals surface area contributed by atoms with E-state index >= 15 is 0 Å². The summed E-state index contributed by atoms with van der Waals surface area (Å²) in [6.45, 7) is 12.2. The van der Waals surface area contributed by atoms with E-state index in [-0.39, 0.29) is 23.7 Å². The Labute approximate surface area is 164 Å². The van der Waals surface area contributed by atoms with E-state index in [1.807, 2.05) is 12.1 Å². The van der Waals surface area contributed by atoms with Crippen LogP contribution in [-0.4, -0.2) is 32.1 Å². The van der Waals surface area contributed by atoms with Crippen molar-refractivity contribution in [3.8, 4) is 5.75 Å². The van der Waals surface area contributed by atoms with Gasteiger partial charge in [0.2, 0.25) is 5.91 Å². The zero-order chi connectivity index (χ0) is 18.3. The number of carbonyl (C=O) groups is 1. The van der Waals surface area contributed by atoms with Gasteiger partial charge in [0.25, 0.3) is 0 Å². The van der Waals surface area contributed by atoms with Crippen molar-refractivity contribution in [2.45, 2.75) is 52.4 Å². The highest BCUT2D eigenvalue weighted by Crippen LogP contribution is 2.25. The van der Waals surface area contributed by atoms with Gasteiger partial charge >= 0.3 is 0 Å². The monoisotopic (exact) mass is 382 g/mol. The molecule has 26 heavy (non-hydrogen) atoms. The van der Waals surface area contributed by atoms with Crippen LogP contribution < -0.4 is 15.4 Å². The van der Waals surface area contributed by atoms with Crippen LogP contribution in [0.2, 0.25) is 0 Å². The van der Waals surface area contributed by atoms with Crippen molar-refractivity contribution in [1.29, 1.82) is 0 Å². The Balaban J connectivity index is 0.00000338. The quantitative estimate of drug-likeness (QED) is 0.680. The van der Waals surface area contributed by atoms with Gasteiger partial charge in [-0.1, -0.05) is 39.8 Å². The molecule has 1 fully saturated rings. The van der Waals surface area contributed by atoms with Gasteiger partial charge in [0.15, 0.2) is 0 Å². The average molecular weight is 383 g/mol. The van der Waals surface area contributed by atoms with Gasteiger partial charge in [-0.3, -0.25) is 4.79 Å². The number of hydrogen-bond acceptors (Lipinski definition) is 3. The van der Waals surface area contributed by atoms with E-state index in [2.05, 4.69) is 50.5 Å². The van der Waals surface area contributed by atoms with Crippen LogP contribution in [0.1, 0.15) is 52.5 Å². The third kappa shape index (κ3) is 7.55. The summed E-state index contributed by atoms with van der Waals surface area (Å²) in [5, 5.41) is 6.46. The largest absolute Gasteiger partial charge is 0.493 e. The summed E-state index contributed by atoms with van der Waals surface area (Å²) < 4.78 is 5.74. The van der Waals surface area contributed by atoms with Crippen LogP contribution in [0.4, 0.5) is 0 Å². The van der Waals surface area contributed by atoms with Crippen LogP contribution in [0.25, 0.3) is 0 Å². The predicted octanol–water partition coefficient (Wildman–Crippen LogP) is 3.93. The maximum Gasteiger partial charge on any atom is 0.220 e. The van der Waals surface area contributed by atoms with Crippen LogP contribution in [0.3, 0.4) is 0 Å². The van der Waals surface area contributed by atoms with Crippen molar-refractivity contribution in [2.75, 3.05) is 26.2 Å². The van der Waals surface area contributed by atoms with Gasteiger partial charge < -0.3 is 15.4 Å². The van der Waals surface area contributed by atoms with Crippen LogP contribution in [-0.2, 0) is 10.2 Å². The van der Waals surface area contributed by atoms with Crippen molar-refractivity contribution in [2.24, 2.45) is 11.8 Å². The molecule has 1 amide bonds. The minimum absolute atomic E-state index is 0. The van der Waals surface area contributed by atoms with Gasteiger partial charge in [0, 0.05) is 18.4 Å². The molecule has 0 aromatic heterocycles. The highest BCUT2D eigenvalue weighted by molar-refractivity contribution is 5.85. The van der Waals surface area contributed by atoms with Crippen LogP contribution in [0, 0.1) is 11.8 Å². The number of rotatable bonds is 9. The summed E-state index contributed by atoms with van der Waals surface area (Å²) in [5.74, 6) is 2.25. The Hall–Kier alpha value is -1.26. The Morgan fingerprint density at radius 1 is 1.31 bits per heavy atom. The Kier molecular flexibility index (Phi) is 9.45. The molecule has 0 radical (unpaired) electrons. The summed E-state index contributed by atoms with van der Waals surface area (Å²) in [6, 6.07) is 8.25. The molecule has 148 valence electrons. The smallest absolute Gasteiger partial charge is 0.220 e. The third-order valence-corrected chi connectivity index (χ3v) is 4.89. The fourth-order valence-corrected chi connectivity index (χ4v) is 3.07. The maximum absolute atomic E-state index is 12.1. The second kappa shape index (κ2) is 10.8. The molecule has 4 nitrogen and oxygen atoms in total. The minimum atomic E-state index is -0.0961. The molecule has 1 aliphatic rings. The molecular formula is C21H35ClN2O2. The first-order valence-corrected chi connectivity index (χ1v) is 9.57. The molecule has 1 heterocycles. The lowest BCUT2D eigenvalue weighted by molar-refractivity contribution is -0.121. The van der Waals surface area contributed by atoms with Gasteiger partial charge in [0.05, 0.1) is 6.61 Å². The lowest BCUT2D eigenvalue weighted by Gasteiger charge is -2.26. The summed E-state index contributed by atoms with van der Waals surface area (Å²) in [6.07, 6.45) is 2.82. The number of nitrogens with one attached hydrogen (secondary N) is 2. The topological polar surface area (TPSA) is 50.4 Å². The first-order valence-electron chi connectivity index (χ1n) is 9.57. The SMILES string of the molecule is CC(C)COc1ccc(C(C)(C)CNC(=O)CCC2CCNC2)cc1.Cl. The normalized spacial score (nSPS) is 17.0. The van der Waals surface area contributed by atoms with Gasteiger partial charge in [-0.25, -0.2) is 0 Å². The molecule has 2 N–H and O–H groups in total. The van der Waals surface area contributed by atoms with Crippen molar-refractivity contribution >= 4 is 18.3 Å². The average Bonchev–Trinajstić information content (AvgIpc) is 3.10. The summed E-state index contributed by atoms with van der Waals surface area (Å²) in [4.78, 5) is 12.1. The predicted molar refractivity (Wildman–Crippen MR) is 110 cm³/mol. The molecule has 1 saturated heterocycles. The molecule has 1 aromatic carbocycles. The van der Waals surface area contributed by atoms with Crippen LogP contribution in [0.15, 0.2) is 24.3 Å². The number of amides is 1. The standard InChI is InChI=1S/C21H34N2O2.ClH/c1-16(2)14-25-19-8-6-18(7-9-19)21(3,4)15-23-20(24)10-5-17-11-12-22-13-17;/h6-9,16-17,22H,5,10-15H2,1-4H3,(H,23,24);1H. The van der Waals surface area contributed by atoms with E-state index in [0.29, 0.717) is 24.8 Å². The van der Waals surface area contributed by atoms with Gasteiger partial charge in [-0.2, -0.15) is 0 Å². The lowest BCUT2D eigenvalue weighted by atomic mass is 9.84. The molecular weight excluding hydrogens is 348 g/mol. The van der Waals surface area contributed by atoms with Crippen molar-refractivity contribution < 1.29 is 9.53 Å². The van der Waals surface area contributed by atoms with Gasteiger partial charge in [0.1, 0.15) is 5.75 Å². The summed E-state index contributed by atoms with van der Waals surface area (Å²) >= 11 is 0. The number of hydrogen-bond donors (Lipinski definition) is 2. The molecule has 2 rings (SSSR count).